The maximum Gasteiger partial charge on any atom is 0.270 e. The second-order valence-electron chi connectivity index (χ2n) is 5.69. The molecule has 1 fully saturated rings. The molecule has 0 aromatic heterocycles. The number of hydrogen-bond donors (Lipinski definition) is 2. The fourth-order valence-corrected chi connectivity index (χ4v) is 2.89. The van der Waals surface area contributed by atoms with Gasteiger partial charge in [0.25, 0.3) is 5.69 Å². The van der Waals surface area contributed by atoms with Crippen LogP contribution in [0.4, 0.5) is 5.69 Å². The lowest BCUT2D eigenvalue weighted by Crippen LogP contribution is -2.23. The number of nitro benzene ring substituents is 1. The molecule has 124 valence electrons. The summed E-state index contributed by atoms with van der Waals surface area (Å²) in [5, 5.41) is 31.6. The molecule has 1 saturated heterocycles. The Morgan fingerprint density at radius 3 is 2.67 bits per heavy atom. The van der Waals surface area contributed by atoms with Gasteiger partial charge in [-0.25, -0.2) is 0 Å². The number of rotatable bonds is 4. The van der Waals surface area contributed by atoms with Gasteiger partial charge in [0, 0.05) is 37.2 Å². The summed E-state index contributed by atoms with van der Waals surface area (Å²) in [4.78, 5) is 23.8. The number of non-ortho nitro benzene ring substituents is 1. The van der Waals surface area contributed by atoms with Crippen LogP contribution in [0.15, 0.2) is 36.4 Å². The minimum absolute atomic E-state index is 0.0272. The Kier molecular flexibility index (Phi) is 4.07. The highest BCUT2D eigenvalue weighted by Crippen LogP contribution is 2.41. The van der Waals surface area contributed by atoms with Crippen LogP contribution in [-0.4, -0.2) is 32.5 Å². The minimum atomic E-state index is -0.537. The van der Waals surface area contributed by atoms with Crippen molar-refractivity contribution < 1.29 is 19.9 Å². The van der Waals surface area contributed by atoms with Gasteiger partial charge in [-0.2, -0.15) is 0 Å². The number of amides is 1. The molecular weight excluding hydrogens is 312 g/mol. The van der Waals surface area contributed by atoms with E-state index < -0.39 is 4.92 Å². The molecule has 0 saturated carbocycles. The number of benzene rings is 2. The highest BCUT2D eigenvalue weighted by atomic mass is 16.6. The Bertz CT molecular complexity index is 819. The zero-order valence-corrected chi connectivity index (χ0v) is 12.8. The van der Waals surface area contributed by atoms with Crippen molar-refractivity contribution in [1.82, 2.24) is 4.90 Å². The number of carbonyl (C=O) groups excluding carboxylic acids is 1. The van der Waals surface area contributed by atoms with Crippen LogP contribution in [-0.2, 0) is 11.3 Å². The van der Waals surface area contributed by atoms with Crippen LogP contribution in [0, 0.1) is 10.1 Å². The van der Waals surface area contributed by atoms with E-state index in [1.54, 1.807) is 17.0 Å². The zero-order chi connectivity index (χ0) is 17.3. The summed E-state index contributed by atoms with van der Waals surface area (Å²) >= 11 is 0. The number of aromatic hydroxyl groups is 2. The largest absolute Gasteiger partial charge is 0.507 e. The smallest absolute Gasteiger partial charge is 0.270 e. The van der Waals surface area contributed by atoms with E-state index in [0.717, 1.165) is 6.42 Å². The monoisotopic (exact) mass is 328 g/mol. The van der Waals surface area contributed by atoms with Crippen LogP contribution in [0.1, 0.15) is 18.4 Å². The molecule has 0 atom stereocenters. The van der Waals surface area contributed by atoms with Gasteiger partial charge in [0.1, 0.15) is 11.5 Å². The van der Waals surface area contributed by atoms with Crippen LogP contribution in [0.3, 0.4) is 0 Å². The third kappa shape index (κ3) is 2.88. The molecule has 7 heteroatoms. The second kappa shape index (κ2) is 6.19. The van der Waals surface area contributed by atoms with E-state index in [1.807, 2.05) is 0 Å². The van der Waals surface area contributed by atoms with Gasteiger partial charge >= 0.3 is 0 Å². The zero-order valence-electron chi connectivity index (χ0n) is 12.8. The third-order valence-electron chi connectivity index (χ3n) is 4.12. The van der Waals surface area contributed by atoms with Crippen molar-refractivity contribution in [2.45, 2.75) is 19.4 Å². The lowest BCUT2D eigenvalue weighted by molar-refractivity contribution is -0.384. The van der Waals surface area contributed by atoms with Gasteiger partial charge in [0.05, 0.1) is 10.5 Å². The first-order valence-electron chi connectivity index (χ1n) is 7.54. The van der Waals surface area contributed by atoms with Crippen LogP contribution < -0.4 is 0 Å². The molecule has 0 radical (unpaired) electrons. The molecule has 3 rings (SSSR count). The molecule has 0 bridgehead atoms. The number of nitro groups is 1. The quantitative estimate of drug-likeness (QED) is 0.663. The number of nitrogens with zero attached hydrogens (tertiary/aromatic N) is 2. The maximum absolute atomic E-state index is 11.8. The van der Waals surface area contributed by atoms with E-state index in [-0.39, 0.29) is 35.2 Å². The van der Waals surface area contributed by atoms with Gasteiger partial charge < -0.3 is 15.1 Å². The lowest BCUT2D eigenvalue weighted by Gasteiger charge is -2.18. The van der Waals surface area contributed by atoms with Crippen molar-refractivity contribution in [2.75, 3.05) is 6.54 Å². The molecule has 0 unspecified atom stereocenters. The van der Waals surface area contributed by atoms with Crippen LogP contribution in [0.25, 0.3) is 11.1 Å². The Morgan fingerprint density at radius 1 is 1.21 bits per heavy atom. The molecular formula is C17H16N2O5. The topological polar surface area (TPSA) is 104 Å². The van der Waals surface area contributed by atoms with Gasteiger partial charge in [-0.05, 0) is 24.1 Å². The van der Waals surface area contributed by atoms with Gasteiger partial charge in [-0.15, -0.1) is 0 Å². The molecule has 7 nitrogen and oxygen atoms in total. The summed E-state index contributed by atoms with van der Waals surface area (Å²) in [7, 11) is 0. The van der Waals surface area contributed by atoms with E-state index in [9.17, 15) is 25.1 Å². The van der Waals surface area contributed by atoms with Crippen LogP contribution in [0.5, 0.6) is 11.5 Å². The normalized spacial score (nSPS) is 14.2. The summed E-state index contributed by atoms with van der Waals surface area (Å²) in [6.45, 7) is 0.873. The molecule has 24 heavy (non-hydrogen) atoms. The van der Waals surface area contributed by atoms with Crippen LogP contribution >= 0.6 is 0 Å². The standard InChI is InChI=1S/C17H16N2O5/c20-14-7-6-12(10-18-8-2-5-15(18)21)17(22)16(14)11-3-1-4-13(9-11)19(23)24/h1,3-4,6-7,9,20,22H,2,5,8,10H2. The number of likely N-dealkylation sites (tertiary alicyclic amines) is 1. The molecule has 2 aromatic carbocycles. The predicted molar refractivity (Wildman–Crippen MR) is 86.5 cm³/mol. The first kappa shape index (κ1) is 15.8. The summed E-state index contributed by atoms with van der Waals surface area (Å²) in [6.07, 6.45) is 1.28. The molecule has 2 aromatic rings. The van der Waals surface area contributed by atoms with Crippen molar-refractivity contribution in [2.24, 2.45) is 0 Å². The highest BCUT2D eigenvalue weighted by molar-refractivity contribution is 5.80. The van der Waals surface area contributed by atoms with Crippen molar-refractivity contribution >= 4 is 11.6 Å². The third-order valence-corrected chi connectivity index (χ3v) is 4.12. The predicted octanol–water partition coefficient (Wildman–Crippen LogP) is 2.80. The molecule has 1 heterocycles. The minimum Gasteiger partial charge on any atom is -0.507 e. The summed E-state index contributed by atoms with van der Waals surface area (Å²) in [5.74, 6) is -0.320. The Labute approximate surface area is 137 Å². The van der Waals surface area contributed by atoms with Crippen molar-refractivity contribution in [3.05, 3.63) is 52.1 Å². The Hall–Kier alpha value is -3.09. The average Bonchev–Trinajstić information content (AvgIpc) is 2.95. The molecule has 0 aliphatic carbocycles. The van der Waals surface area contributed by atoms with Gasteiger partial charge in [-0.1, -0.05) is 12.1 Å². The Morgan fingerprint density at radius 2 is 2.00 bits per heavy atom. The highest BCUT2D eigenvalue weighted by Gasteiger charge is 2.23. The van der Waals surface area contributed by atoms with Gasteiger partial charge in [0.2, 0.25) is 5.91 Å². The van der Waals surface area contributed by atoms with Gasteiger partial charge in [-0.3, -0.25) is 14.9 Å². The summed E-state index contributed by atoms with van der Waals surface area (Å²) in [6, 6.07) is 8.67. The Balaban J connectivity index is 2.02. The van der Waals surface area contributed by atoms with E-state index in [2.05, 4.69) is 0 Å². The van der Waals surface area contributed by atoms with E-state index in [4.69, 9.17) is 0 Å². The van der Waals surface area contributed by atoms with E-state index >= 15 is 0 Å². The molecule has 2 N–H and O–H groups in total. The number of hydrogen-bond acceptors (Lipinski definition) is 5. The van der Waals surface area contributed by atoms with E-state index in [0.29, 0.717) is 24.1 Å². The van der Waals surface area contributed by atoms with Gasteiger partial charge in [0.15, 0.2) is 0 Å². The summed E-state index contributed by atoms with van der Waals surface area (Å²) < 4.78 is 0. The SMILES string of the molecule is O=C1CCCN1Cc1ccc(O)c(-c2cccc([N+](=O)[O-])c2)c1O. The lowest BCUT2D eigenvalue weighted by atomic mass is 9.99. The first-order chi connectivity index (χ1) is 11.5. The second-order valence-corrected chi connectivity index (χ2v) is 5.69. The van der Waals surface area contributed by atoms with Crippen molar-refractivity contribution in [1.29, 1.82) is 0 Å². The molecule has 1 aliphatic heterocycles. The number of phenolic OH excluding ortho intramolecular Hbond substituents is 2. The number of carbonyl (C=O) groups is 1. The molecule has 1 amide bonds. The number of phenols is 2. The maximum atomic E-state index is 11.8. The summed E-state index contributed by atoms with van der Waals surface area (Å²) in [5.41, 5.74) is 0.827. The van der Waals surface area contributed by atoms with Crippen LogP contribution in [0.2, 0.25) is 0 Å². The van der Waals surface area contributed by atoms with Crippen molar-refractivity contribution in [3.63, 3.8) is 0 Å². The fraction of sp³-hybridized carbons (Fsp3) is 0.235. The van der Waals surface area contributed by atoms with E-state index in [1.165, 1.54) is 24.3 Å². The van der Waals surface area contributed by atoms with Crippen molar-refractivity contribution in [3.8, 4) is 22.6 Å². The fourth-order valence-electron chi connectivity index (χ4n) is 2.89. The molecule has 1 aliphatic rings. The average molecular weight is 328 g/mol. The molecule has 0 spiro atoms. The first-order valence-corrected chi connectivity index (χ1v) is 7.54.